The van der Waals surface area contributed by atoms with Crippen LogP contribution in [0.25, 0.3) is 0 Å². The van der Waals surface area contributed by atoms with Gasteiger partial charge in [0, 0.05) is 5.69 Å². The molecule has 0 aliphatic heterocycles. The average molecular weight is 356 g/mol. The summed E-state index contributed by atoms with van der Waals surface area (Å²) in [5.74, 6) is 0.782. The number of para-hydroxylation sites is 1. The fourth-order valence-corrected chi connectivity index (χ4v) is 2.78. The zero-order valence-corrected chi connectivity index (χ0v) is 15.9. The molecule has 0 bridgehead atoms. The number of rotatable bonds is 5. The maximum Gasteiger partial charge on any atom is 0.261 e. The van der Waals surface area contributed by atoms with E-state index in [4.69, 9.17) is 17.0 Å². The third-order valence-corrected chi connectivity index (χ3v) is 4.44. The summed E-state index contributed by atoms with van der Waals surface area (Å²) in [5.41, 5.74) is 3.48. The number of carbonyl (C=O) groups excluding carboxylic acids is 1. The van der Waals surface area contributed by atoms with Gasteiger partial charge in [-0.2, -0.15) is 0 Å². The molecular weight excluding hydrogens is 332 g/mol. The van der Waals surface area contributed by atoms with Gasteiger partial charge in [0.15, 0.2) is 5.11 Å². The highest BCUT2D eigenvalue weighted by atomic mass is 32.1. The van der Waals surface area contributed by atoms with Crippen molar-refractivity contribution in [2.75, 3.05) is 12.4 Å². The molecule has 2 rings (SSSR count). The predicted molar refractivity (Wildman–Crippen MR) is 107 cm³/mol. The topological polar surface area (TPSA) is 50.4 Å². The van der Waals surface area contributed by atoms with Crippen LogP contribution in [0.4, 0.5) is 5.69 Å². The molecule has 25 heavy (non-hydrogen) atoms. The van der Waals surface area contributed by atoms with Crippen molar-refractivity contribution in [3.63, 3.8) is 0 Å². The summed E-state index contributed by atoms with van der Waals surface area (Å²) < 4.78 is 5.32. The largest absolute Gasteiger partial charge is 0.496 e. The van der Waals surface area contributed by atoms with Gasteiger partial charge in [0.1, 0.15) is 5.75 Å². The Morgan fingerprint density at radius 3 is 2.48 bits per heavy atom. The number of thiocarbonyl (C=S) groups is 1. The van der Waals surface area contributed by atoms with E-state index >= 15 is 0 Å². The van der Waals surface area contributed by atoms with Gasteiger partial charge in [0.2, 0.25) is 0 Å². The molecule has 0 fully saturated rings. The highest BCUT2D eigenvalue weighted by molar-refractivity contribution is 7.80. The van der Waals surface area contributed by atoms with Crippen LogP contribution in [0.2, 0.25) is 0 Å². The molecule has 2 aromatic rings. The third kappa shape index (κ3) is 4.79. The molecule has 132 valence electrons. The average Bonchev–Trinajstić information content (AvgIpc) is 2.61. The van der Waals surface area contributed by atoms with Crippen LogP contribution in [0.5, 0.6) is 5.75 Å². The fraction of sp³-hybridized carbons (Fsp3) is 0.300. The molecule has 0 radical (unpaired) electrons. The summed E-state index contributed by atoms with van der Waals surface area (Å²) in [6, 6.07) is 13.5. The lowest BCUT2D eigenvalue weighted by Crippen LogP contribution is -2.34. The molecule has 0 aliphatic rings. The van der Waals surface area contributed by atoms with Crippen molar-refractivity contribution in [1.29, 1.82) is 0 Å². The minimum Gasteiger partial charge on any atom is -0.496 e. The fourth-order valence-electron chi connectivity index (χ4n) is 2.57. The minimum atomic E-state index is -0.297. The van der Waals surface area contributed by atoms with E-state index in [1.165, 1.54) is 5.56 Å². The normalized spacial score (nSPS) is 11.5. The van der Waals surface area contributed by atoms with Gasteiger partial charge in [-0.05, 0) is 60.8 Å². The predicted octanol–water partition coefficient (Wildman–Crippen LogP) is 4.64. The van der Waals surface area contributed by atoms with Gasteiger partial charge in [-0.15, -0.1) is 0 Å². The van der Waals surface area contributed by atoms with Crippen LogP contribution < -0.4 is 15.4 Å². The smallest absolute Gasteiger partial charge is 0.261 e. The monoisotopic (exact) mass is 356 g/mol. The molecule has 2 aromatic carbocycles. The third-order valence-electron chi connectivity index (χ3n) is 4.24. The van der Waals surface area contributed by atoms with Crippen LogP contribution in [0.3, 0.4) is 0 Å². The molecular formula is C20H24N2O2S. The van der Waals surface area contributed by atoms with Crippen LogP contribution in [-0.2, 0) is 0 Å². The SMILES string of the molecule is CC[C@@H](C)c1ccc(NC(=S)NC(=O)c2cccc(C)c2OC)cc1. The van der Waals surface area contributed by atoms with Gasteiger partial charge in [0.25, 0.3) is 5.91 Å². The molecule has 5 heteroatoms. The number of anilines is 1. The van der Waals surface area contributed by atoms with Gasteiger partial charge >= 0.3 is 0 Å². The standard InChI is InChI=1S/C20H24N2O2S/c1-5-13(2)15-9-11-16(12-10-15)21-20(25)22-19(23)17-8-6-7-14(3)18(17)24-4/h6-13H,5H2,1-4H3,(H2,21,22,23,25)/t13-/m1/s1. The van der Waals surface area contributed by atoms with Crippen LogP contribution >= 0.6 is 12.2 Å². The van der Waals surface area contributed by atoms with Crippen molar-refractivity contribution in [2.45, 2.75) is 33.1 Å². The van der Waals surface area contributed by atoms with Crippen molar-refractivity contribution < 1.29 is 9.53 Å². The van der Waals surface area contributed by atoms with Gasteiger partial charge in [-0.1, -0.05) is 38.1 Å². The van der Waals surface area contributed by atoms with E-state index in [0.717, 1.165) is 17.7 Å². The van der Waals surface area contributed by atoms with E-state index in [9.17, 15) is 4.79 Å². The summed E-state index contributed by atoms with van der Waals surface area (Å²) in [6.07, 6.45) is 1.10. The Morgan fingerprint density at radius 2 is 1.88 bits per heavy atom. The summed E-state index contributed by atoms with van der Waals surface area (Å²) >= 11 is 5.25. The van der Waals surface area contributed by atoms with Crippen molar-refractivity contribution in [3.8, 4) is 5.75 Å². The lowest BCUT2D eigenvalue weighted by molar-refractivity contribution is 0.0974. The van der Waals surface area contributed by atoms with Gasteiger partial charge in [-0.25, -0.2) is 0 Å². The first-order chi connectivity index (χ1) is 12.0. The Kier molecular flexibility index (Phi) is 6.53. The Labute approximate surface area is 154 Å². The van der Waals surface area contributed by atoms with Crippen molar-refractivity contribution in [3.05, 3.63) is 59.2 Å². The number of aryl methyl sites for hydroxylation is 1. The second-order valence-corrected chi connectivity index (χ2v) is 6.40. The number of amides is 1. The number of hydrogen-bond donors (Lipinski definition) is 2. The van der Waals surface area contributed by atoms with Gasteiger partial charge in [0.05, 0.1) is 12.7 Å². The summed E-state index contributed by atoms with van der Waals surface area (Å²) in [4.78, 5) is 12.4. The van der Waals surface area contributed by atoms with Gasteiger partial charge < -0.3 is 10.1 Å². The first-order valence-electron chi connectivity index (χ1n) is 8.32. The first-order valence-corrected chi connectivity index (χ1v) is 8.73. The molecule has 0 aromatic heterocycles. The van der Waals surface area contributed by atoms with Crippen molar-refractivity contribution in [2.24, 2.45) is 0 Å². The molecule has 0 spiro atoms. The number of nitrogens with one attached hydrogen (secondary N) is 2. The molecule has 0 heterocycles. The molecule has 2 N–H and O–H groups in total. The molecule has 0 saturated carbocycles. The molecule has 1 atom stereocenters. The quantitative estimate of drug-likeness (QED) is 0.766. The zero-order valence-electron chi connectivity index (χ0n) is 15.1. The number of hydrogen-bond acceptors (Lipinski definition) is 3. The maximum absolute atomic E-state index is 12.4. The number of carbonyl (C=O) groups is 1. The van der Waals surface area contributed by atoms with E-state index in [2.05, 4.69) is 36.6 Å². The molecule has 0 saturated heterocycles. The van der Waals surface area contributed by atoms with E-state index in [1.54, 1.807) is 13.2 Å². The van der Waals surface area contributed by atoms with Crippen LogP contribution in [0.1, 0.15) is 47.7 Å². The zero-order chi connectivity index (χ0) is 18.4. The van der Waals surface area contributed by atoms with E-state index in [0.29, 0.717) is 17.2 Å². The minimum absolute atomic E-state index is 0.254. The van der Waals surface area contributed by atoms with E-state index in [-0.39, 0.29) is 11.0 Å². The Hall–Kier alpha value is -2.40. The number of ether oxygens (including phenoxy) is 1. The molecule has 0 aliphatic carbocycles. The van der Waals surface area contributed by atoms with Crippen LogP contribution in [0, 0.1) is 6.92 Å². The Bertz CT molecular complexity index is 757. The van der Waals surface area contributed by atoms with E-state index < -0.39 is 0 Å². The Balaban J connectivity index is 2.03. The summed E-state index contributed by atoms with van der Waals surface area (Å²) in [5, 5.41) is 5.99. The lowest BCUT2D eigenvalue weighted by atomic mass is 9.99. The summed E-state index contributed by atoms with van der Waals surface area (Å²) in [6.45, 7) is 6.26. The second-order valence-electron chi connectivity index (χ2n) is 6.00. The van der Waals surface area contributed by atoms with Gasteiger partial charge in [-0.3, -0.25) is 10.1 Å². The molecule has 1 amide bonds. The van der Waals surface area contributed by atoms with Crippen LogP contribution in [-0.4, -0.2) is 18.1 Å². The van der Waals surface area contributed by atoms with Crippen molar-refractivity contribution in [1.82, 2.24) is 5.32 Å². The number of benzene rings is 2. The van der Waals surface area contributed by atoms with E-state index in [1.807, 2.05) is 31.2 Å². The highest BCUT2D eigenvalue weighted by Crippen LogP contribution is 2.23. The first kappa shape index (κ1) is 18.9. The highest BCUT2D eigenvalue weighted by Gasteiger charge is 2.15. The van der Waals surface area contributed by atoms with Crippen molar-refractivity contribution >= 4 is 28.9 Å². The molecule has 4 nitrogen and oxygen atoms in total. The maximum atomic E-state index is 12.4. The summed E-state index contributed by atoms with van der Waals surface area (Å²) in [7, 11) is 1.55. The lowest BCUT2D eigenvalue weighted by Gasteiger charge is -2.14. The number of methoxy groups -OCH3 is 1. The van der Waals surface area contributed by atoms with Crippen LogP contribution in [0.15, 0.2) is 42.5 Å². The second kappa shape index (κ2) is 8.62. The Morgan fingerprint density at radius 1 is 1.20 bits per heavy atom. The molecule has 0 unspecified atom stereocenters.